The van der Waals surface area contributed by atoms with Crippen molar-refractivity contribution in [3.63, 3.8) is 0 Å². The van der Waals surface area contributed by atoms with Gasteiger partial charge in [-0.05, 0) is 42.3 Å². The van der Waals surface area contributed by atoms with E-state index >= 15 is 0 Å². The fourth-order valence-corrected chi connectivity index (χ4v) is 2.43. The first-order valence-electron chi connectivity index (χ1n) is 8.23. The molecule has 2 amide bonds. The highest BCUT2D eigenvalue weighted by Gasteiger charge is 2.19. The molecule has 0 aliphatic rings. The topological polar surface area (TPSA) is 93.4 Å². The Labute approximate surface area is 161 Å². The molecule has 0 radical (unpaired) electrons. The lowest BCUT2D eigenvalue weighted by molar-refractivity contribution is -0.118. The first-order valence-corrected chi connectivity index (χ1v) is 8.61. The molecular weight excluding hydrogens is 373 g/mol. The lowest BCUT2D eigenvalue weighted by Gasteiger charge is -2.17. The Hall–Kier alpha value is -2.64. The zero-order valence-electron chi connectivity index (χ0n) is 15.2. The van der Waals surface area contributed by atoms with Gasteiger partial charge in [-0.3, -0.25) is 9.59 Å². The number of hydrogen-bond acceptors (Lipinski definition) is 4. The van der Waals surface area contributed by atoms with Gasteiger partial charge in [-0.25, -0.2) is 4.39 Å². The van der Waals surface area contributed by atoms with Crippen LogP contribution in [0, 0.1) is 11.7 Å². The number of hydrogen-bond donors (Lipinski definition) is 3. The van der Waals surface area contributed by atoms with Gasteiger partial charge in [-0.15, -0.1) is 0 Å². The molecule has 2 aromatic carbocycles. The van der Waals surface area contributed by atoms with Crippen LogP contribution < -0.4 is 21.1 Å². The molecule has 0 bridgehead atoms. The van der Waals surface area contributed by atoms with Gasteiger partial charge in [0.05, 0.1) is 24.4 Å². The number of carbonyl (C=O) groups excluding carboxylic acids is 2. The molecule has 6 nitrogen and oxygen atoms in total. The van der Waals surface area contributed by atoms with Crippen molar-refractivity contribution in [2.24, 2.45) is 11.7 Å². The van der Waals surface area contributed by atoms with Gasteiger partial charge >= 0.3 is 0 Å². The molecule has 0 saturated heterocycles. The molecule has 0 heterocycles. The molecule has 0 aliphatic carbocycles. The van der Waals surface area contributed by atoms with Crippen LogP contribution >= 0.6 is 11.6 Å². The van der Waals surface area contributed by atoms with E-state index in [9.17, 15) is 14.0 Å². The van der Waals surface area contributed by atoms with Gasteiger partial charge < -0.3 is 21.1 Å². The number of nitrogens with one attached hydrogen (secondary N) is 2. The Morgan fingerprint density at radius 2 is 1.85 bits per heavy atom. The van der Waals surface area contributed by atoms with Crippen LogP contribution in [0.1, 0.15) is 24.2 Å². The molecule has 0 unspecified atom stereocenters. The Kier molecular flexibility index (Phi) is 6.76. The largest absolute Gasteiger partial charge is 0.495 e. The maximum atomic E-state index is 14.0. The van der Waals surface area contributed by atoms with E-state index in [1.165, 1.54) is 25.3 Å². The first kappa shape index (κ1) is 20.7. The van der Waals surface area contributed by atoms with Gasteiger partial charge in [-0.1, -0.05) is 25.4 Å². The van der Waals surface area contributed by atoms with Crippen LogP contribution in [0.2, 0.25) is 5.02 Å². The van der Waals surface area contributed by atoms with Crippen LogP contribution in [0.3, 0.4) is 0 Å². The fourth-order valence-electron chi connectivity index (χ4n) is 2.28. The summed E-state index contributed by atoms with van der Waals surface area (Å²) in [6, 6.07) is 7.78. The van der Waals surface area contributed by atoms with Crippen molar-refractivity contribution in [3.8, 4) is 5.75 Å². The summed E-state index contributed by atoms with van der Waals surface area (Å²) in [7, 11) is 1.43. The zero-order valence-corrected chi connectivity index (χ0v) is 15.9. The van der Waals surface area contributed by atoms with Crippen LogP contribution in [0.5, 0.6) is 5.75 Å². The molecule has 1 atom stereocenters. The molecule has 27 heavy (non-hydrogen) atoms. The smallest absolute Gasteiger partial charge is 0.258 e. The third kappa shape index (κ3) is 5.18. The number of carbonyl (C=O) groups is 2. The second kappa shape index (κ2) is 8.83. The Morgan fingerprint density at radius 3 is 2.44 bits per heavy atom. The van der Waals surface area contributed by atoms with Crippen molar-refractivity contribution in [1.82, 2.24) is 0 Å². The molecule has 2 rings (SSSR count). The van der Waals surface area contributed by atoms with Gasteiger partial charge in [-0.2, -0.15) is 0 Å². The average molecular weight is 394 g/mol. The molecule has 144 valence electrons. The highest BCUT2D eigenvalue weighted by Crippen LogP contribution is 2.29. The molecule has 0 fully saturated rings. The molecule has 2 aromatic rings. The average Bonchev–Trinajstić information content (AvgIpc) is 2.61. The van der Waals surface area contributed by atoms with Crippen molar-refractivity contribution < 1.29 is 18.7 Å². The first-order chi connectivity index (χ1) is 12.7. The summed E-state index contributed by atoms with van der Waals surface area (Å²) >= 11 is 5.70. The number of halogens is 2. The predicted molar refractivity (Wildman–Crippen MR) is 104 cm³/mol. The third-order valence-corrected chi connectivity index (χ3v) is 4.15. The maximum absolute atomic E-state index is 14.0. The van der Waals surface area contributed by atoms with E-state index in [4.69, 9.17) is 22.1 Å². The third-order valence-electron chi connectivity index (χ3n) is 3.91. The molecule has 8 heteroatoms. The van der Waals surface area contributed by atoms with E-state index in [1.54, 1.807) is 12.1 Å². The van der Waals surface area contributed by atoms with Crippen LogP contribution in [-0.2, 0) is 4.79 Å². The van der Waals surface area contributed by atoms with Gasteiger partial charge in [0, 0.05) is 10.7 Å². The van der Waals surface area contributed by atoms with Crippen LogP contribution in [-0.4, -0.2) is 25.0 Å². The van der Waals surface area contributed by atoms with E-state index in [1.807, 2.05) is 13.8 Å². The highest BCUT2D eigenvalue weighted by atomic mass is 35.5. The number of ether oxygens (including phenoxy) is 1. The second-order valence-electron chi connectivity index (χ2n) is 6.25. The number of nitrogens with two attached hydrogens (primary N) is 1. The Morgan fingerprint density at radius 1 is 1.15 bits per heavy atom. The van der Waals surface area contributed by atoms with Crippen molar-refractivity contribution in [2.45, 2.75) is 19.9 Å². The molecular formula is C19H21ClFN3O3. The fraction of sp³-hybridized carbons (Fsp3) is 0.263. The van der Waals surface area contributed by atoms with Crippen molar-refractivity contribution in [2.75, 3.05) is 17.7 Å². The zero-order chi connectivity index (χ0) is 20.1. The molecule has 0 spiro atoms. The predicted octanol–water partition coefficient (Wildman–Crippen LogP) is 3.66. The lowest BCUT2D eigenvalue weighted by Crippen LogP contribution is -2.39. The number of anilines is 2. The quantitative estimate of drug-likeness (QED) is 0.698. The van der Waals surface area contributed by atoms with E-state index in [0.717, 1.165) is 6.07 Å². The van der Waals surface area contributed by atoms with Crippen molar-refractivity contribution in [3.05, 3.63) is 52.8 Å². The molecule has 4 N–H and O–H groups in total. The summed E-state index contributed by atoms with van der Waals surface area (Å²) in [6.07, 6.45) is 0. The minimum Gasteiger partial charge on any atom is -0.495 e. The number of rotatable bonds is 6. The highest BCUT2D eigenvalue weighted by molar-refractivity contribution is 6.30. The summed E-state index contributed by atoms with van der Waals surface area (Å²) in [5, 5.41) is 5.45. The Bertz CT molecular complexity index is 858. The van der Waals surface area contributed by atoms with E-state index < -0.39 is 17.8 Å². The minimum atomic E-state index is -0.744. The summed E-state index contributed by atoms with van der Waals surface area (Å²) in [5.41, 5.74) is 6.35. The monoisotopic (exact) mass is 393 g/mol. The maximum Gasteiger partial charge on any atom is 0.258 e. The van der Waals surface area contributed by atoms with E-state index in [2.05, 4.69) is 10.6 Å². The summed E-state index contributed by atoms with van der Waals surface area (Å²) < 4.78 is 19.2. The second-order valence-corrected chi connectivity index (χ2v) is 6.69. The lowest BCUT2D eigenvalue weighted by atomic mass is 10.0. The van der Waals surface area contributed by atoms with Crippen LogP contribution in [0.15, 0.2) is 36.4 Å². The minimum absolute atomic E-state index is 0.0321. The molecule has 0 aliphatic heterocycles. The van der Waals surface area contributed by atoms with Crippen molar-refractivity contribution >= 4 is 34.8 Å². The molecule has 0 saturated carbocycles. The molecule has 0 aromatic heterocycles. The number of benzene rings is 2. The normalized spacial score (nSPS) is 11.8. The van der Waals surface area contributed by atoms with E-state index in [0.29, 0.717) is 11.4 Å². The summed E-state index contributed by atoms with van der Waals surface area (Å²) in [4.78, 5) is 24.5. The number of amides is 2. The van der Waals surface area contributed by atoms with Crippen LogP contribution in [0.25, 0.3) is 0 Å². The van der Waals surface area contributed by atoms with Gasteiger partial charge in [0.1, 0.15) is 11.6 Å². The standard InChI is InChI=1S/C19H21ClFN3O3/c1-10(2)17(22)19(26)23-12-5-7-16(27-3)15(9-12)24-18(25)13-6-4-11(20)8-14(13)21/h4-10,17H,22H2,1-3H3,(H,23,26)(H,24,25)/t17-/m0/s1. The van der Waals surface area contributed by atoms with Crippen LogP contribution in [0.4, 0.5) is 15.8 Å². The summed E-state index contributed by atoms with van der Waals surface area (Å²) in [5.74, 6) is -1.45. The number of methoxy groups -OCH3 is 1. The SMILES string of the molecule is COc1ccc(NC(=O)[C@@H](N)C(C)C)cc1NC(=O)c1ccc(Cl)cc1F. The van der Waals surface area contributed by atoms with E-state index in [-0.39, 0.29) is 28.1 Å². The Balaban J connectivity index is 2.24. The van der Waals surface area contributed by atoms with Gasteiger partial charge in [0.2, 0.25) is 5.91 Å². The van der Waals surface area contributed by atoms with Gasteiger partial charge in [0.15, 0.2) is 0 Å². The van der Waals surface area contributed by atoms with Gasteiger partial charge in [0.25, 0.3) is 5.91 Å². The summed E-state index contributed by atoms with van der Waals surface area (Å²) in [6.45, 7) is 3.68. The van der Waals surface area contributed by atoms with Crippen molar-refractivity contribution in [1.29, 1.82) is 0 Å².